The Bertz CT molecular complexity index is 601. The van der Waals surface area contributed by atoms with Crippen LogP contribution in [0.5, 0.6) is 0 Å². The summed E-state index contributed by atoms with van der Waals surface area (Å²) >= 11 is 9.30. The topological polar surface area (TPSA) is 47.8 Å². The molecule has 2 aromatic heterocycles. The molecule has 4 nitrogen and oxygen atoms in total. The first-order valence-corrected chi connectivity index (χ1v) is 8.46. The zero-order valence-electron chi connectivity index (χ0n) is 10.1. The third-order valence-corrected chi connectivity index (χ3v) is 4.23. The molecule has 0 aliphatic carbocycles. The van der Waals surface area contributed by atoms with Gasteiger partial charge in [0.15, 0.2) is 5.65 Å². The minimum Gasteiger partial charge on any atom is -0.308 e. The van der Waals surface area contributed by atoms with Crippen molar-refractivity contribution in [2.45, 2.75) is 18.8 Å². The SMILES string of the molecule is CC(CS(C)=O)n1c(CCl)nc2cc(Br)cnc21. The van der Waals surface area contributed by atoms with Crippen LogP contribution in [0.25, 0.3) is 11.2 Å². The van der Waals surface area contributed by atoms with Crippen LogP contribution in [0.4, 0.5) is 0 Å². The van der Waals surface area contributed by atoms with Gasteiger partial charge in [0.1, 0.15) is 11.3 Å². The number of fused-ring (bicyclic) bond motifs is 1. The van der Waals surface area contributed by atoms with Crippen molar-refractivity contribution in [2.24, 2.45) is 0 Å². The monoisotopic (exact) mass is 349 g/mol. The highest BCUT2D eigenvalue weighted by molar-refractivity contribution is 9.10. The van der Waals surface area contributed by atoms with Gasteiger partial charge < -0.3 is 4.57 Å². The van der Waals surface area contributed by atoms with E-state index in [1.807, 2.05) is 17.6 Å². The average molecular weight is 351 g/mol. The van der Waals surface area contributed by atoms with E-state index in [1.54, 1.807) is 12.5 Å². The van der Waals surface area contributed by atoms with Crippen molar-refractivity contribution in [1.29, 1.82) is 0 Å². The normalized spacial score (nSPS) is 14.9. The second-order valence-corrected chi connectivity index (χ2v) is 6.78. The molecule has 0 spiro atoms. The van der Waals surface area contributed by atoms with Crippen LogP contribution in [0.15, 0.2) is 16.7 Å². The quantitative estimate of drug-likeness (QED) is 0.797. The van der Waals surface area contributed by atoms with Crippen LogP contribution in [0.3, 0.4) is 0 Å². The van der Waals surface area contributed by atoms with E-state index in [1.165, 1.54) is 0 Å². The molecule has 18 heavy (non-hydrogen) atoms. The zero-order chi connectivity index (χ0) is 13.3. The van der Waals surface area contributed by atoms with E-state index < -0.39 is 10.8 Å². The number of pyridine rings is 1. The molecular weight excluding hydrogens is 338 g/mol. The maximum Gasteiger partial charge on any atom is 0.160 e. The Kier molecular flexibility index (Phi) is 4.40. The highest BCUT2D eigenvalue weighted by Crippen LogP contribution is 2.23. The van der Waals surface area contributed by atoms with Crippen LogP contribution in [-0.2, 0) is 16.7 Å². The van der Waals surface area contributed by atoms with Crippen LogP contribution in [0.2, 0.25) is 0 Å². The van der Waals surface area contributed by atoms with Crippen LogP contribution in [0, 0.1) is 0 Å². The molecule has 0 aliphatic heterocycles. The molecule has 0 radical (unpaired) electrons. The molecule has 0 bridgehead atoms. The lowest BCUT2D eigenvalue weighted by molar-refractivity contribution is 0.590. The van der Waals surface area contributed by atoms with Crippen molar-refractivity contribution >= 4 is 49.5 Å². The molecule has 7 heteroatoms. The van der Waals surface area contributed by atoms with Gasteiger partial charge in [-0.2, -0.15) is 0 Å². The van der Waals surface area contributed by atoms with E-state index in [4.69, 9.17) is 11.6 Å². The summed E-state index contributed by atoms with van der Waals surface area (Å²) in [4.78, 5) is 8.83. The van der Waals surface area contributed by atoms with E-state index in [9.17, 15) is 4.21 Å². The summed E-state index contributed by atoms with van der Waals surface area (Å²) < 4.78 is 14.2. The van der Waals surface area contributed by atoms with Gasteiger partial charge in [0.25, 0.3) is 0 Å². The van der Waals surface area contributed by atoms with Gasteiger partial charge in [0.05, 0.1) is 5.88 Å². The third-order valence-electron chi connectivity index (χ3n) is 2.61. The molecule has 0 saturated heterocycles. The van der Waals surface area contributed by atoms with E-state index in [0.29, 0.717) is 11.6 Å². The Morgan fingerprint density at radius 3 is 2.94 bits per heavy atom. The number of halogens is 2. The van der Waals surface area contributed by atoms with Crippen molar-refractivity contribution in [3.05, 3.63) is 22.6 Å². The summed E-state index contributed by atoms with van der Waals surface area (Å²) in [6.07, 6.45) is 3.42. The van der Waals surface area contributed by atoms with Crippen molar-refractivity contribution in [2.75, 3.05) is 12.0 Å². The number of imidazole rings is 1. The highest BCUT2D eigenvalue weighted by atomic mass is 79.9. The van der Waals surface area contributed by atoms with E-state index >= 15 is 0 Å². The average Bonchev–Trinajstić information content (AvgIpc) is 2.65. The van der Waals surface area contributed by atoms with Gasteiger partial charge in [0.2, 0.25) is 0 Å². The summed E-state index contributed by atoms with van der Waals surface area (Å²) in [7, 11) is -0.867. The van der Waals surface area contributed by atoms with Crippen LogP contribution >= 0.6 is 27.5 Å². The molecule has 0 fully saturated rings. The number of hydrogen-bond donors (Lipinski definition) is 0. The molecule has 2 aromatic rings. The van der Waals surface area contributed by atoms with Gasteiger partial charge in [-0.25, -0.2) is 9.97 Å². The predicted octanol–water partition coefficient (Wildman–Crippen LogP) is 2.87. The summed E-state index contributed by atoms with van der Waals surface area (Å²) in [5.41, 5.74) is 1.58. The molecule has 0 amide bonds. The van der Waals surface area contributed by atoms with Crippen molar-refractivity contribution in [1.82, 2.24) is 14.5 Å². The van der Waals surface area contributed by atoms with Crippen molar-refractivity contribution < 1.29 is 4.21 Å². The standard InChI is InChI=1S/C11H13BrClN3OS/c1-7(6-18(2)17)16-10(4-13)15-9-3-8(12)5-14-11(9)16/h3,5,7H,4,6H2,1-2H3. The lowest BCUT2D eigenvalue weighted by atomic mass is 10.3. The molecule has 98 valence electrons. The number of hydrogen-bond acceptors (Lipinski definition) is 3. The number of aromatic nitrogens is 3. The lowest BCUT2D eigenvalue weighted by Gasteiger charge is -2.14. The van der Waals surface area contributed by atoms with Gasteiger partial charge in [-0.1, -0.05) is 0 Å². The molecular formula is C11H13BrClN3OS. The maximum absolute atomic E-state index is 11.4. The number of rotatable bonds is 4. The second kappa shape index (κ2) is 5.67. The summed E-state index contributed by atoms with van der Waals surface area (Å²) in [5.74, 6) is 1.64. The Balaban J connectivity index is 2.56. The number of alkyl halides is 1. The molecule has 2 rings (SSSR count). The van der Waals surface area contributed by atoms with E-state index in [0.717, 1.165) is 21.5 Å². The third kappa shape index (κ3) is 2.75. The molecule has 2 unspecified atom stereocenters. The summed E-state index contributed by atoms with van der Waals surface area (Å²) in [6.45, 7) is 2.00. The molecule has 0 saturated carbocycles. The van der Waals surface area contributed by atoms with Gasteiger partial charge in [0, 0.05) is 39.5 Å². The first kappa shape index (κ1) is 14.0. The highest BCUT2D eigenvalue weighted by Gasteiger charge is 2.17. The van der Waals surface area contributed by atoms with Gasteiger partial charge in [-0.3, -0.25) is 4.21 Å². The molecule has 2 atom stereocenters. The molecule has 0 aromatic carbocycles. The lowest BCUT2D eigenvalue weighted by Crippen LogP contribution is -2.15. The largest absolute Gasteiger partial charge is 0.308 e. The van der Waals surface area contributed by atoms with E-state index in [2.05, 4.69) is 25.9 Å². The Morgan fingerprint density at radius 1 is 1.61 bits per heavy atom. The summed E-state index contributed by atoms with van der Waals surface area (Å²) in [6, 6.07) is 1.97. The smallest absolute Gasteiger partial charge is 0.160 e. The predicted molar refractivity (Wildman–Crippen MR) is 78.4 cm³/mol. The van der Waals surface area contributed by atoms with Gasteiger partial charge in [-0.05, 0) is 28.9 Å². The van der Waals surface area contributed by atoms with E-state index in [-0.39, 0.29) is 6.04 Å². The van der Waals surface area contributed by atoms with Crippen molar-refractivity contribution in [3.8, 4) is 0 Å². The summed E-state index contributed by atoms with van der Waals surface area (Å²) in [5, 5.41) is 0. The Labute approximate surface area is 121 Å². The first-order valence-electron chi connectivity index (χ1n) is 5.41. The fourth-order valence-electron chi connectivity index (χ4n) is 1.98. The maximum atomic E-state index is 11.4. The molecule has 0 aliphatic rings. The minimum absolute atomic E-state index is 0.0586. The Morgan fingerprint density at radius 2 is 2.33 bits per heavy atom. The minimum atomic E-state index is -0.867. The fourth-order valence-corrected chi connectivity index (χ4v) is 3.31. The zero-order valence-corrected chi connectivity index (χ0v) is 13.2. The van der Waals surface area contributed by atoms with Gasteiger partial charge >= 0.3 is 0 Å². The molecule has 2 heterocycles. The van der Waals surface area contributed by atoms with Crippen LogP contribution in [0.1, 0.15) is 18.8 Å². The molecule has 0 N–H and O–H groups in total. The van der Waals surface area contributed by atoms with Gasteiger partial charge in [-0.15, -0.1) is 11.6 Å². The second-order valence-electron chi connectivity index (χ2n) is 4.12. The van der Waals surface area contributed by atoms with Crippen LogP contribution in [-0.4, -0.2) is 30.8 Å². The number of nitrogens with zero attached hydrogens (tertiary/aromatic N) is 3. The first-order chi connectivity index (χ1) is 8.52. The Hall–Kier alpha value is -0.460. The van der Waals surface area contributed by atoms with Crippen molar-refractivity contribution in [3.63, 3.8) is 0 Å². The van der Waals surface area contributed by atoms with Crippen LogP contribution < -0.4 is 0 Å². The fraction of sp³-hybridized carbons (Fsp3) is 0.455.